The molecule has 20 heavy (non-hydrogen) atoms. The predicted octanol–water partition coefficient (Wildman–Crippen LogP) is 1.63. The van der Waals surface area contributed by atoms with Crippen LogP contribution in [-0.2, 0) is 16.1 Å². The number of rotatable bonds is 4. The molecular weight excluding hydrogens is 256 g/mol. The van der Waals surface area contributed by atoms with Gasteiger partial charge in [-0.25, -0.2) is 4.79 Å². The van der Waals surface area contributed by atoms with E-state index in [1.807, 2.05) is 30.3 Å². The van der Waals surface area contributed by atoms with E-state index >= 15 is 0 Å². The zero-order valence-electron chi connectivity index (χ0n) is 12.0. The van der Waals surface area contributed by atoms with Gasteiger partial charge in [-0.2, -0.15) is 0 Å². The first kappa shape index (κ1) is 14.8. The van der Waals surface area contributed by atoms with Crippen LogP contribution in [0.15, 0.2) is 30.3 Å². The van der Waals surface area contributed by atoms with Crippen LogP contribution in [0.4, 0.5) is 4.79 Å². The lowest BCUT2D eigenvalue weighted by atomic mass is 10.0. The summed E-state index contributed by atoms with van der Waals surface area (Å²) in [6.07, 6.45) is 0.580. The molecule has 2 rings (SSSR count). The van der Waals surface area contributed by atoms with Gasteiger partial charge in [-0.3, -0.25) is 0 Å². The normalized spacial score (nSPS) is 22.3. The van der Waals surface area contributed by atoms with Crippen LogP contribution >= 0.6 is 0 Å². The fourth-order valence-electron chi connectivity index (χ4n) is 2.46. The minimum absolute atomic E-state index is 0.0121. The number of ether oxygens (including phenoxy) is 2. The van der Waals surface area contributed by atoms with Crippen LogP contribution in [0.2, 0.25) is 0 Å². The summed E-state index contributed by atoms with van der Waals surface area (Å²) in [5.74, 6) is 0. The number of carbonyl (C=O) groups excluding carboxylic acids is 1. The van der Waals surface area contributed by atoms with E-state index in [9.17, 15) is 4.79 Å². The number of benzene rings is 1. The van der Waals surface area contributed by atoms with Gasteiger partial charge in [0.25, 0.3) is 0 Å². The van der Waals surface area contributed by atoms with Gasteiger partial charge in [0, 0.05) is 20.7 Å². The third kappa shape index (κ3) is 3.71. The molecule has 1 aromatic carbocycles. The SMILES string of the molecule is CO[C@@H]1CNCC[C@H]1N(C)C(=O)OCc1ccccc1. The Hall–Kier alpha value is -1.59. The largest absolute Gasteiger partial charge is 0.445 e. The summed E-state index contributed by atoms with van der Waals surface area (Å²) in [7, 11) is 3.45. The number of carbonyl (C=O) groups is 1. The van der Waals surface area contributed by atoms with Crippen LogP contribution in [-0.4, -0.2) is 50.4 Å². The van der Waals surface area contributed by atoms with Crippen LogP contribution in [0, 0.1) is 0 Å². The maximum Gasteiger partial charge on any atom is 0.410 e. The Morgan fingerprint density at radius 2 is 2.15 bits per heavy atom. The highest BCUT2D eigenvalue weighted by atomic mass is 16.6. The molecule has 0 spiro atoms. The average Bonchev–Trinajstić information content (AvgIpc) is 2.52. The fourth-order valence-corrected chi connectivity index (χ4v) is 2.46. The first-order valence-electron chi connectivity index (χ1n) is 6.89. The number of nitrogens with zero attached hydrogens (tertiary/aromatic N) is 1. The van der Waals surface area contributed by atoms with E-state index in [2.05, 4.69) is 5.32 Å². The fraction of sp³-hybridized carbons (Fsp3) is 0.533. The number of piperidine rings is 1. The molecule has 5 nitrogen and oxygen atoms in total. The molecule has 0 saturated carbocycles. The quantitative estimate of drug-likeness (QED) is 0.909. The smallest absolute Gasteiger partial charge is 0.410 e. The summed E-state index contributed by atoms with van der Waals surface area (Å²) in [5.41, 5.74) is 0.989. The van der Waals surface area contributed by atoms with Gasteiger partial charge in [0.1, 0.15) is 6.61 Å². The number of nitrogens with one attached hydrogen (secondary N) is 1. The second-order valence-corrected chi connectivity index (χ2v) is 4.99. The van der Waals surface area contributed by atoms with E-state index < -0.39 is 0 Å². The van der Waals surface area contributed by atoms with Gasteiger partial charge >= 0.3 is 6.09 Å². The second kappa shape index (κ2) is 7.26. The van der Waals surface area contributed by atoms with Gasteiger partial charge in [0.05, 0.1) is 12.1 Å². The van der Waals surface area contributed by atoms with Gasteiger partial charge in [-0.05, 0) is 18.5 Å². The van der Waals surface area contributed by atoms with E-state index in [4.69, 9.17) is 9.47 Å². The van der Waals surface area contributed by atoms with E-state index in [-0.39, 0.29) is 18.2 Å². The Bertz CT molecular complexity index is 424. The molecule has 0 aliphatic carbocycles. The first-order valence-corrected chi connectivity index (χ1v) is 6.89. The topological polar surface area (TPSA) is 50.8 Å². The van der Waals surface area contributed by atoms with E-state index in [1.54, 1.807) is 19.1 Å². The minimum atomic E-state index is -0.303. The maximum absolute atomic E-state index is 12.1. The molecule has 1 N–H and O–H groups in total. The van der Waals surface area contributed by atoms with E-state index in [0.717, 1.165) is 25.1 Å². The Morgan fingerprint density at radius 1 is 1.40 bits per heavy atom. The van der Waals surface area contributed by atoms with Crippen molar-refractivity contribution in [2.75, 3.05) is 27.2 Å². The molecule has 0 radical (unpaired) electrons. The Balaban J connectivity index is 1.87. The summed E-state index contributed by atoms with van der Waals surface area (Å²) in [6.45, 7) is 1.95. The number of amides is 1. The third-order valence-corrected chi connectivity index (χ3v) is 3.68. The lowest BCUT2D eigenvalue weighted by Gasteiger charge is -2.36. The highest BCUT2D eigenvalue weighted by Crippen LogP contribution is 2.15. The van der Waals surface area contributed by atoms with Crippen molar-refractivity contribution in [3.63, 3.8) is 0 Å². The molecule has 1 saturated heterocycles. The zero-order chi connectivity index (χ0) is 14.4. The van der Waals surface area contributed by atoms with E-state index in [0.29, 0.717) is 6.61 Å². The van der Waals surface area contributed by atoms with Crippen LogP contribution < -0.4 is 5.32 Å². The Morgan fingerprint density at radius 3 is 2.85 bits per heavy atom. The molecule has 1 amide bonds. The van der Waals surface area contributed by atoms with Gasteiger partial charge in [0.15, 0.2) is 0 Å². The third-order valence-electron chi connectivity index (χ3n) is 3.68. The molecule has 2 atom stereocenters. The molecule has 1 heterocycles. The molecule has 0 unspecified atom stereocenters. The molecule has 0 aromatic heterocycles. The first-order chi connectivity index (χ1) is 9.72. The number of hydrogen-bond acceptors (Lipinski definition) is 4. The summed E-state index contributed by atoms with van der Waals surface area (Å²) in [4.78, 5) is 13.8. The summed E-state index contributed by atoms with van der Waals surface area (Å²) >= 11 is 0. The number of likely N-dealkylation sites (N-methyl/N-ethyl adjacent to an activating group) is 1. The lowest BCUT2D eigenvalue weighted by Crippen LogP contribution is -2.54. The van der Waals surface area contributed by atoms with Crippen LogP contribution in [0.3, 0.4) is 0 Å². The molecule has 110 valence electrons. The van der Waals surface area contributed by atoms with Crippen molar-refractivity contribution in [3.05, 3.63) is 35.9 Å². The van der Waals surface area contributed by atoms with E-state index in [1.165, 1.54) is 0 Å². The van der Waals surface area contributed by atoms with Crippen molar-refractivity contribution in [2.45, 2.75) is 25.2 Å². The predicted molar refractivity (Wildman–Crippen MR) is 76.5 cm³/mol. The average molecular weight is 278 g/mol. The molecule has 5 heteroatoms. The van der Waals surface area contributed by atoms with Crippen molar-refractivity contribution >= 4 is 6.09 Å². The van der Waals surface area contributed by atoms with Crippen molar-refractivity contribution in [1.29, 1.82) is 0 Å². The molecular formula is C15H22N2O3. The molecule has 0 bridgehead atoms. The highest BCUT2D eigenvalue weighted by Gasteiger charge is 2.31. The lowest BCUT2D eigenvalue weighted by molar-refractivity contribution is 0.00270. The van der Waals surface area contributed by atoms with Crippen LogP contribution in [0.5, 0.6) is 0 Å². The summed E-state index contributed by atoms with van der Waals surface area (Å²) < 4.78 is 10.8. The minimum Gasteiger partial charge on any atom is -0.445 e. The monoisotopic (exact) mass is 278 g/mol. The van der Waals surface area contributed by atoms with Gasteiger partial charge < -0.3 is 19.7 Å². The van der Waals surface area contributed by atoms with Crippen molar-refractivity contribution in [1.82, 2.24) is 10.2 Å². The highest BCUT2D eigenvalue weighted by molar-refractivity contribution is 5.67. The molecule has 1 fully saturated rings. The standard InChI is InChI=1S/C15H22N2O3/c1-17(13-8-9-16-10-14(13)19-2)15(18)20-11-12-6-4-3-5-7-12/h3-7,13-14,16H,8-11H2,1-2H3/t13-,14-/m1/s1. The Labute approximate surface area is 119 Å². The van der Waals surface area contributed by atoms with Gasteiger partial charge in [0.2, 0.25) is 0 Å². The van der Waals surface area contributed by atoms with Crippen molar-refractivity contribution in [3.8, 4) is 0 Å². The number of hydrogen-bond donors (Lipinski definition) is 1. The molecule has 1 aliphatic rings. The van der Waals surface area contributed by atoms with Gasteiger partial charge in [-0.1, -0.05) is 30.3 Å². The molecule has 1 aliphatic heterocycles. The summed E-state index contributed by atoms with van der Waals surface area (Å²) in [5, 5.41) is 3.26. The zero-order valence-corrected chi connectivity index (χ0v) is 12.0. The van der Waals surface area contributed by atoms with Crippen LogP contribution in [0.25, 0.3) is 0 Å². The van der Waals surface area contributed by atoms with Gasteiger partial charge in [-0.15, -0.1) is 0 Å². The van der Waals surface area contributed by atoms with Crippen molar-refractivity contribution < 1.29 is 14.3 Å². The molecule has 1 aromatic rings. The number of methoxy groups -OCH3 is 1. The summed E-state index contributed by atoms with van der Waals surface area (Å²) in [6, 6.07) is 9.74. The maximum atomic E-state index is 12.1. The van der Waals surface area contributed by atoms with Crippen LogP contribution in [0.1, 0.15) is 12.0 Å². The van der Waals surface area contributed by atoms with Crippen molar-refractivity contribution in [2.24, 2.45) is 0 Å². The Kier molecular flexibility index (Phi) is 5.38. The second-order valence-electron chi connectivity index (χ2n) is 4.99.